The number of anilines is 1. The monoisotopic (exact) mass is 462 g/mol. The third kappa shape index (κ3) is 4.66. The van der Waals surface area contributed by atoms with Crippen LogP contribution in [0.4, 0.5) is 10.1 Å². The quantitative estimate of drug-likeness (QED) is 0.680. The molecule has 0 radical (unpaired) electrons. The summed E-state index contributed by atoms with van der Waals surface area (Å²) in [5.41, 5.74) is 0.0340. The van der Waals surface area contributed by atoms with Gasteiger partial charge in [0.05, 0.1) is 22.2 Å². The van der Waals surface area contributed by atoms with Crippen LogP contribution in [0.2, 0.25) is 5.02 Å². The minimum atomic E-state index is -4.11. The molecular formula is C18H20ClFN2O5S2. The van der Waals surface area contributed by atoms with E-state index < -0.39 is 25.9 Å². The number of benzene rings is 2. The van der Waals surface area contributed by atoms with Crippen LogP contribution in [-0.2, 0) is 20.0 Å². The average Bonchev–Trinajstić information content (AvgIpc) is 3.20. The van der Waals surface area contributed by atoms with Gasteiger partial charge in [0, 0.05) is 13.1 Å². The molecular weight excluding hydrogens is 443 g/mol. The molecule has 158 valence electrons. The SMILES string of the molecule is CCOc1ccc(NS(=O)(=O)c2ccc(F)c(Cl)c2)cc1S(=O)(=O)N1CCCC1. The van der Waals surface area contributed by atoms with Gasteiger partial charge in [0.25, 0.3) is 10.0 Å². The van der Waals surface area contributed by atoms with Gasteiger partial charge in [-0.15, -0.1) is 0 Å². The number of hydrogen-bond acceptors (Lipinski definition) is 5. The molecule has 0 bridgehead atoms. The fraction of sp³-hybridized carbons (Fsp3) is 0.333. The van der Waals surface area contributed by atoms with Gasteiger partial charge in [-0.2, -0.15) is 4.31 Å². The molecule has 0 amide bonds. The predicted molar refractivity (Wildman–Crippen MR) is 108 cm³/mol. The maximum Gasteiger partial charge on any atom is 0.261 e. The number of ether oxygens (including phenoxy) is 1. The van der Waals surface area contributed by atoms with Gasteiger partial charge >= 0.3 is 0 Å². The van der Waals surface area contributed by atoms with Gasteiger partial charge in [0.1, 0.15) is 16.5 Å². The van der Waals surface area contributed by atoms with E-state index in [0.29, 0.717) is 13.1 Å². The van der Waals surface area contributed by atoms with Crippen molar-refractivity contribution in [2.75, 3.05) is 24.4 Å². The highest BCUT2D eigenvalue weighted by molar-refractivity contribution is 7.92. The first-order valence-corrected chi connectivity index (χ1v) is 12.2. The maximum absolute atomic E-state index is 13.3. The fourth-order valence-electron chi connectivity index (χ4n) is 2.97. The zero-order valence-corrected chi connectivity index (χ0v) is 17.9. The Hall–Kier alpha value is -1.88. The van der Waals surface area contributed by atoms with Crippen LogP contribution in [0.1, 0.15) is 19.8 Å². The minimum Gasteiger partial charge on any atom is -0.492 e. The molecule has 1 aliphatic heterocycles. The highest BCUT2D eigenvalue weighted by atomic mass is 35.5. The first kappa shape index (κ1) is 21.8. The molecule has 1 heterocycles. The van der Waals surface area contributed by atoms with Gasteiger partial charge in [0.15, 0.2) is 0 Å². The molecule has 1 saturated heterocycles. The van der Waals surface area contributed by atoms with Gasteiger partial charge in [0.2, 0.25) is 10.0 Å². The van der Waals surface area contributed by atoms with E-state index in [-0.39, 0.29) is 32.9 Å². The number of rotatable bonds is 7. The number of nitrogens with zero attached hydrogens (tertiary/aromatic N) is 1. The summed E-state index contributed by atoms with van der Waals surface area (Å²) in [6.45, 7) is 2.78. The molecule has 0 unspecified atom stereocenters. The molecule has 2 aromatic carbocycles. The summed E-state index contributed by atoms with van der Waals surface area (Å²) < 4.78 is 73.7. The van der Waals surface area contributed by atoms with E-state index in [0.717, 1.165) is 31.0 Å². The van der Waals surface area contributed by atoms with Crippen LogP contribution in [-0.4, -0.2) is 40.8 Å². The summed E-state index contributed by atoms with van der Waals surface area (Å²) in [5, 5.41) is -0.336. The lowest BCUT2D eigenvalue weighted by atomic mass is 10.3. The number of hydrogen-bond donors (Lipinski definition) is 1. The Kier molecular flexibility index (Phi) is 6.37. The Morgan fingerprint density at radius 3 is 2.41 bits per heavy atom. The lowest BCUT2D eigenvalue weighted by Crippen LogP contribution is -2.28. The van der Waals surface area contributed by atoms with Crippen molar-refractivity contribution in [1.29, 1.82) is 0 Å². The van der Waals surface area contributed by atoms with Crippen LogP contribution < -0.4 is 9.46 Å². The van der Waals surface area contributed by atoms with Crippen LogP contribution in [0.15, 0.2) is 46.2 Å². The van der Waals surface area contributed by atoms with Gasteiger partial charge in [-0.25, -0.2) is 21.2 Å². The predicted octanol–water partition coefficient (Wildman–Crippen LogP) is 3.46. The van der Waals surface area contributed by atoms with Crippen molar-refractivity contribution >= 4 is 37.3 Å². The van der Waals surface area contributed by atoms with Crippen molar-refractivity contribution in [2.45, 2.75) is 29.6 Å². The van der Waals surface area contributed by atoms with Crippen LogP contribution in [0.5, 0.6) is 5.75 Å². The standard InChI is InChI=1S/C18H20ClFN2O5S2/c1-2-27-17-8-5-13(11-18(17)29(25,26)22-9-3-4-10-22)21-28(23,24)14-6-7-16(20)15(19)12-14/h5-8,11-12,21H,2-4,9-10H2,1H3. The smallest absolute Gasteiger partial charge is 0.261 e. The van der Waals surface area contributed by atoms with Crippen LogP contribution in [0.3, 0.4) is 0 Å². The van der Waals surface area contributed by atoms with Crippen molar-refractivity contribution in [2.24, 2.45) is 0 Å². The van der Waals surface area contributed by atoms with Crippen molar-refractivity contribution in [1.82, 2.24) is 4.31 Å². The van der Waals surface area contributed by atoms with Crippen LogP contribution >= 0.6 is 11.6 Å². The summed E-state index contributed by atoms with van der Waals surface area (Å²) in [5.74, 6) is -0.599. The van der Waals surface area contributed by atoms with E-state index in [4.69, 9.17) is 16.3 Å². The zero-order valence-electron chi connectivity index (χ0n) is 15.6. The summed E-state index contributed by atoms with van der Waals surface area (Å²) in [6.07, 6.45) is 1.53. The molecule has 1 aliphatic rings. The molecule has 11 heteroatoms. The Bertz CT molecular complexity index is 1120. The van der Waals surface area contributed by atoms with Crippen molar-refractivity contribution in [3.05, 3.63) is 47.2 Å². The Morgan fingerprint density at radius 1 is 1.10 bits per heavy atom. The zero-order chi connectivity index (χ0) is 21.2. The largest absolute Gasteiger partial charge is 0.492 e. The van der Waals surface area contributed by atoms with Gasteiger partial charge < -0.3 is 4.74 Å². The van der Waals surface area contributed by atoms with Crippen LogP contribution in [0.25, 0.3) is 0 Å². The summed E-state index contributed by atoms with van der Waals surface area (Å²) >= 11 is 5.67. The Balaban J connectivity index is 1.99. The van der Waals surface area contributed by atoms with Gasteiger partial charge in [-0.05, 0) is 56.2 Å². The number of nitrogens with one attached hydrogen (secondary N) is 1. The molecule has 3 rings (SSSR count). The molecule has 0 saturated carbocycles. The third-order valence-electron chi connectivity index (χ3n) is 4.38. The van der Waals surface area contributed by atoms with E-state index in [9.17, 15) is 21.2 Å². The Labute approximate surface area is 174 Å². The first-order valence-electron chi connectivity index (χ1n) is 8.90. The van der Waals surface area contributed by atoms with Crippen molar-refractivity contribution in [3.63, 3.8) is 0 Å². The molecule has 1 N–H and O–H groups in total. The van der Waals surface area contributed by atoms with E-state index in [1.165, 1.54) is 22.5 Å². The Morgan fingerprint density at radius 2 is 1.79 bits per heavy atom. The van der Waals surface area contributed by atoms with Gasteiger partial charge in [-0.1, -0.05) is 11.6 Å². The number of sulfonamides is 2. The maximum atomic E-state index is 13.3. The first-order chi connectivity index (χ1) is 13.6. The topological polar surface area (TPSA) is 92.8 Å². The van der Waals surface area contributed by atoms with E-state index >= 15 is 0 Å². The molecule has 0 atom stereocenters. The molecule has 2 aromatic rings. The van der Waals surface area contributed by atoms with Crippen molar-refractivity contribution in [3.8, 4) is 5.75 Å². The molecule has 1 fully saturated rings. The molecule has 0 aliphatic carbocycles. The second kappa shape index (κ2) is 8.47. The second-order valence-corrected chi connectivity index (χ2v) is 10.4. The van der Waals surface area contributed by atoms with E-state index in [2.05, 4.69) is 4.72 Å². The molecule has 0 aromatic heterocycles. The highest BCUT2D eigenvalue weighted by Crippen LogP contribution is 2.32. The highest BCUT2D eigenvalue weighted by Gasteiger charge is 2.30. The molecule has 7 nitrogen and oxygen atoms in total. The minimum absolute atomic E-state index is 0.0340. The summed E-state index contributed by atoms with van der Waals surface area (Å²) in [4.78, 5) is -0.361. The fourth-order valence-corrected chi connectivity index (χ4v) is 5.97. The number of halogens is 2. The third-order valence-corrected chi connectivity index (χ3v) is 7.97. The van der Waals surface area contributed by atoms with E-state index in [1.807, 2.05) is 0 Å². The second-order valence-electron chi connectivity index (χ2n) is 6.39. The van der Waals surface area contributed by atoms with Crippen LogP contribution in [0, 0.1) is 5.82 Å². The summed E-state index contributed by atoms with van der Waals surface area (Å²) in [7, 11) is -7.95. The van der Waals surface area contributed by atoms with Gasteiger partial charge in [-0.3, -0.25) is 4.72 Å². The summed E-state index contributed by atoms with van der Waals surface area (Å²) in [6, 6.07) is 7.02. The van der Waals surface area contributed by atoms with E-state index in [1.54, 1.807) is 6.92 Å². The average molecular weight is 463 g/mol. The normalized spacial score (nSPS) is 15.4. The van der Waals surface area contributed by atoms with Crippen molar-refractivity contribution < 1.29 is 26.0 Å². The molecule has 29 heavy (non-hydrogen) atoms. The lowest BCUT2D eigenvalue weighted by Gasteiger charge is -2.19. The lowest BCUT2D eigenvalue weighted by molar-refractivity contribution is 0.330. The molecule has 0 spiro atoms.